The van der Waals surface area contributed by atoms with Gasteiger partial charge in [-0.1, -0.05) is 12.1 Å². The first-order valence-corrected chi connectivity index (χ1v) is 10.7. The molecule has 1 aromatic carbocycles. The zero-order chi connectivity index (χ0) is 21.5. The summed E-state index contributed by atoms with van der Waals surface area (Å²) in [5.74, 6) is 0.780. The minimum Gasteiger partial charge on any atom is -0.387 e. The highest BCUT2D eigenvalue weighted by molar-refractivity contribution is 6.13. The third-order valence-electron chi connectivity index (χ3n) is 6.12. The molecule has 31 heavy (non-hydrogen) atoms. The van der Waals surface area contributed by atoms with Gasteiger partial charge in [0.05, 0.1) is 16.7 Å². The predicted molar refractivity (Wildman–Crippen MR) is 125 cm³/mol. The Morgan fingerprint density at radius 3 is 2.61 bits per heavy atom. The molecule has 0 radical (unpaired) electrons. The number of imidazole rings is 1. The lowest BCUT2D eigenvalue weighted by molar-refractivity contribution is 0.0965. The third-order valence-corrected chi connectivity index (χ3v) is 6.12. The Labute approximate surface area is 180 Å². The normalized spacial score (nSPS) is 15.5. The summed E-state index contributed by atoms with van der Waals surface area (Å²) in [5, 5.41) is 6.89. The molecule has 1 aliphatic heterocycles. The van der Waals surface area contributed by atoms with Crippen molar-refractivity contribution in [3.63, 3.8) is 0 Å². The number of carbonyl (C=O) groups is 1. The van der Waals surface area contributed by atoms with Crippen LogP contribution >= 0.6 is 0 Å². The molecule has 8 nitrogen and oxygen atoms in total. The lowest BCUT2D eigenvalue weighted by atomic mass is 10.1. The molecule has 2 N–H and O–H groups in total. The first-order valence-electron chi connectivity index (χ1n) is 10.7. The summed E-state index contributed by atoms with van der Waals surface area (Å²) >= 11 is 0. The second kappa shape index (κ2) is 7.70. The molecule has 0 bridgehead atoms. The monoisotopic (exact) mass is 417 g/mol. The number of para-hydroxylation sites is 2. The lowest BCUT2D eigenvalue weighted by Crippen LogP contribution is -2.29. The molecule has 1 aliphatic rings. The Hall–Kier alpha value is -3.39. The number of anilines is 2. The quantitative estimate of drug-likeness (QED) is 0.534. The molecule has 0 aliphatic carbocycles. The molecule has 0 spiro atoms. The van der Waals surface area contributed by atoms with Crippen LogP contribution in [0.2, 0.25) is 0 Å². The van der Waals surface area contributed by atoms with Gasteiger partial charge in [0.15, 0.2) is 11.3 Å². The van der Waals surface area contributed by atoms with E-state index in [1.807, 2.05) is 35.7 Å². The number of hydrogen-bond acceptors (Lipinski definition) is 6. The van der Waals surface area contributed by atoms with Crippen LogP contribution in [0.4, 0.5) is 11.5 Å². The van der Waals surface area contributed by atoms with Crippen molar-refractivity contribution in [1.29, 1.82) is 0 Å². The fourth-order valence-electron chi connectivity index (χ4n) is 4.51. The molecular weight excluding hydrogens is 390 g/mol. The fraction of sp³-hybridized carbons (Fsp3) is 0.348. The van der Waals surface area contributed by atoms with Crippen molar-refractivity contribution in [3.05, 3.63) is 42.0 Å². The number of hydrogen-bond donors (Lipinski definition) is 2. The van der Waals surface area contributed by atoms with Gasteiger partial charge < -0.3 is 20.4 Å². The fourth-order valence-corrected chi connectivity index (χ4v) is 4.51. The summed E-state index contributed by atoms with van der Waals surface area (Å²) in [6.45, 7) is 4.03. The van der Waals surface area contributed by atoms with Gasteiger partial charge in [0.1, 0.15) is 11.4 Å². The largest absolute Gasteiger partial charge is 0.387 e. The Morgan fingerprint density at radius 2 is 1.81 bits per heavy atom. The van der Waals surface area contributed by atoms with Crippen molar-refractivity contribution in [2.75, 3.05) is 57.5 Å². The summed E-state index contributed by atoms with van der Waals surface area (Å²) in [5.41, 5.74) is 4.46. The minimum atomic E-state index is -0.175. The first-order chi connectivity index (χ1) is 15.1. The zero-order valence-corrected chi connectivity index (χ0v) is 18.1. The van der Waals surface area contributed by atoms with Crippen LogP contribution in [-0.2, 0) is 0 Å². The smallest absolute Gasteiger partial charge is 0.256 e. The van der Waals surface area contributed by atoms with Gasteiger partial charge >= 0.3 is 0 Å². The highest BCUT2D eigenvalue weighted by Crippen LogP contribution is 2.34. The second-order valence-electron chi connectivity index (χ2n) is 8.02. The number of nitrogens with one attached hydrogen (secondary N) is 2. The van der Waals surface area contributed by atoms with Crippen molar-refractivity contribution < 1.29 is 4.79 Å². The average molecular weight is 418 g/mol. The molecule has 1 amide bonds. The number of carbonyl (C=O) groups excluding carboxylic acids is 1. The molecule has 0 saturated carbocycles. The average Bonchev–Trinajstić information content (AvgIpc) is 3.05. The standard InChI is InChI=1S/C23H27N7O/c1-24-20-15-9-10-18(29-12-6-11-28(3)13-14-29)27-21(15)30-17-8-5-4-7-16(17)26-22(30)19(20)23(31)25-2/h4-5,7-10,24H,6,11-14H2,1-3H3,(H,25,31). The molecule has 1 fully saturated rings. The van der Waals surface area contributed by atoms with E-state index in [0.29, 0.717) is 11.2 Å². The second-order valence-corrected chi connectivity index (χ2v) is 8.02. The summed E-state index contributed by atoms with van der Waals surface area (Å²) in [6.07, 6.45) is 1.11. The van der Waals surface area contributed by atoms with Crippen LogP contribution in [0.3, 0.4) is 0 Å². The number of aromatic nitrogens is 3. The van der Waals surface area contributed by atoms with E-state index in [1.54, 1.807) is 7.05 Å². The number of amides is 1. The molecule has 160 valence electrons. The van der Waals surface area contributed by atoms with Crippen LogP contribution in [-0.4, -0.2) is 72.5 Å². The molecule has 0 unspecified atom stereocenters. The SMILES string of the molecule is CNC(=O)c1c(NC)c2ccc(N3CCCN(C)CC3)nc2n2c1nc1ccccc12. The summed E-state index contributed by atoms with van der Waals surface area (Å²) < 4.78 is 2.02. The molecule has 5 rings (SSSR count). The molecule has 1 saturated heterocycles. The maximum atomic E-state index is 12.9. The number of benzene rings is 1. The van der Waals surface area contributed by atoms with Crippen LogP contribution in [0.5, 0.6) is 0 Å². The molecule has 3 aromatic heterocycles. The Kier molecular flexibility index (Phi) is 4.86. The number of nitrogens with zero attached hydrogens (tertiary/aromatic N) is 5. The van der Waals surface area contributed by atoms with Gasteiger partial charge in [0.25, 0.3) is 5.91 Å². The highest BCUT2D eigenvalue weighted by Gasteiger charge is 2.24. The minimum absolute atomic E-state index is 0.175. The zero-order valence-electron chi connectivity index (χ0n) is 18.1. The van der Waals surface area contributed by atoms with E-state index in [0.717, 1.165) is 66.2 Å². The van der Waals surface area contributed by atoms with Crippen molar-refractivity contribution in [3.8, 4) is 0 Å². The van der Waals surface area contributed by atoms with E-state index in [4.69, 9.17) is 9.97 Å². The molecular formula is C23H27N7O. The van der Waals surface area contributed by atoms with E-state index < -0.39 is 0 Å². The number of fused-ring (bicyclic) bond motifs is 5. The van der Waals surface area contributed by atoms with E-state index >= 15 is 0 Å². The van der Waals surface area contributed by atoms with Crippen molar-refractivity contribution in [1.82, 2.24) is 24.6 Å². The Morgan fingerprint density at radius 1 is 0.968 bits per heavy atom. The number of pyridine rings is 2. The van der Waals surface area contributed by atoms with Gasteiger partial charge in [-0.05, 0) is 44.3 Å². The molecule has 4 aromatic rings. The maximum absolute atomic E-state index is 12.9. The maximum Gasteiger partial charge on any atom is 0.256 e. The molecule has 8 heteroatoms. The Balaban J connectivity index is 1.83. The van der Waals surface area contributed by atoms with Crippen LogP contribution in [0.25, 0.3) is 27.7 Å². The third kappa shape index (κ3) is 3.14. The van der Waals surface area contributed by atoms with Gasteiger partial charge in [0.2, 0.25) is 0 Å². The van der Waals surface area contributed by atoms with Gasteiger partial charge in [0, 0.05) is 39.1 Å². The topological polar surface area (TPSA) is 77.8 Å². The predicted octanol–water partition coefficient (Wildman–Crippen LogP) is 2.58. The van der Waals surface area contributed by atoms with Crippen molar-refractivity contribution in [2.45, 2.75) is 6.42 Å². The summed E-state index contributed by atoms with van der Waals surface area (Å²) in [4.78, 5) is 27.5. The van der Waals surface area contributed by atoms with Crippen molar-refractivity contribution in [2.24, 2.45) is 0 Å². The summed E-state index contributed by atoms with van der Waals surface area (Å²) in [6, 6.07) is 12.1. The Bertz CT molecular complexity index is 1300. The molecule has 4 heterocycles. The van der Waals surface area contributed by atoms with Gasteiger partial charge in [-0.25, -0.2) is 9.97 Å². The molecule has 0 atom stereocenters. The number of likely N-dealkylation sites (N-methyl/N-ethyl adjacent to an activating group) is 1. The summed E-state index contributed by atoms with van der Waals surface area (Å²) in [7, 11) is 5.64. The van der Waals surface area contributed by atoms with Crippen LogP contribution in [0.1, 0.15) is 16.8 Å². The van der Waals surface area contributed by atoms with E-state index in [2.05, 4.69) is 39.6 Å². The van der Waals surface area contributed by atoms with Crippen LogP contribution in [0, 0.1) is 0 Å². The van der Waals surface area contributed by atoms with Gasteiger partial charge in [-0.3, -0.25) is 9.20 Å². The van der Waals surface area contributed by atoms with Gasteiger partial charge in [-0.2, -0.15) is 0 Å². The highest BCUT2D eigenvalue weighted by atomic mass is 16.1. The van der Waals surface area contributed by atoms with Crippen LogP contribution < -0.4 is 15.5 Å². The lowest BCUT2D eigenvalue weighted by Gasteiger charge is -2.23. The van der Waals surface area contributed by atoms with E-state index in [9.17, 15) is 4.79 Å². The first kappa shape index (κ1) is 19.6. The van der Waals surface area contributed by atoms with E-state index in [1.165, 1.54) is 0 Å². The van der Waals surface area contributed by atoms with Crippen molar-refractivity contribution >= 4 is 45.1 Å². The van der Waals surface area contributed by atoms with E-state index in [-0.39, 0.29) is 5.91 Å². The number of rotatable bonds is 3. The van der Waals surface area contributed by atoms with Crippen LogP contribution in [0.15, 0.2) is 36.4 Å². The van der Waals surface area contributed by atoms with Gasteiger partial charge in [-0.15, -0.1) is 0 Å².